The number of nitrogens with one attached hydrogen (secondary N) is 2. The Labute approximate surface area is 174 Å². The van der Waals surface area contributed by atoms with Crippen LogP contribution in [0.3, 0.4) is 0 Å². The number of methoxy groups -OCH3 is 2. The SMILES string of the molecule is COc1ccc(NC(=O)CN2N=CN3NC(c4ccccc4)CC3C2=O)cc1OC. The van der Waals surface area contributed by atoms with Crippen molar-refractivity contribution in [2.24, 2.45) is 5.10 Å². The third-order valence-corrected chi connectivity index (χ3v) is 5.12. The number of rotatable bonds is 6. The van der Waals surface area contributed by atoms with Crippen molar-refractivity contribution in [3.8, 4) is 11.5 Å². The van der Waals surface area contributed by atoms with Gasteiger partial charge in [-0.25, -0.2) is 10.4 Å². The molecule has 0 bridgehead atoms. The number of benzene rings is 2. The van der Waals surface area contributed by atoms with E-state index in [9.17, 15) is 9.59 Å². The molecule has 0 aliphatic carbocycles. The van der Waals surface area contributed by atoms with E-state index in [2.05, 4.69) is 15.8 Å². The first-order chi connectivity index (χ1) is 14.6. The lowest BCUT2D eigenvalue weighted by molar-refractivity contribution is -0.139. The molecule has 2 aliphatic rings. The third-order valence-electron chi connectivity index (χ3n) is 5.12. The van der Waals surface area contributed by atoms with Crippen molar-refractivity contribution in [1.29, 1.82) is 0 Å². The summed E-state index contributed by atoms with van der Waals surface area (Å²) in [6.45, 7) is -0.177. The summed E-state index contributed by atoms with van der Waals surface area (Å²) in [7, 11) is 3.06. The van der Waals surface area contributed by atoms with E-state index in [0.717, 1.165) is 5.56 Å². The first-order valence-corrected chi connectivity index (χ1v) is 9.56. The molecule has 2 aliphatic heterocycles. The molecule has 2 N–H and O–H groups in total. The second-order valence-electron chi connectivity index (χ2n) is 7.00. The minimum absolute atomic E-state index is 0.0205. The van der Waals surface area contributed by atoms with Gasteiger partial charge in [-0.05, 0) is 24.1 Å². The number of anilines is 1. The summed E-state index contributed by atoms with van der Waals surface area (Å²) < 4.78 is 10.4. The fraction of sp³-hybridized carbons (Fsp3) is 0.286. The summed E-state index contributed by atoms with van der Waals surface area (Å²) in [6, 6.07) is 14.6. The van der Waals surface area contributed by atoms with Crippen molar-refractivity contribution in [1.82, 2.24) is 15.4 Å². The van der Waals surface area contributed by atoms with Crippen LogP contribution in [0.4, 0.5) is 5.69 Å². The molecule has 2 aromatic carbocycles. The second-order valence-corrected chi connectivity index (χ2v) is 7.00. The van der Waals surface area contributed by atoms with Gasteiger partial charge in [-0.3, -0.25) is 14.6 Å². The van der Waals surface area contributed by atoms with Crippen LogP contribution >= 0.6 is 0 Å². The zero-order valence-corrected chi connectivity index (χ0v) is 16.7. The Bertz CT molecular complexity index is 965. The van der Waals surface area contributed by atoms with E-state index in [0.29, 0.717) is 23.6 Å². The fourth-order valence-corrected chi connectivity index (χ4v) is 3.61. The number of hydrogen-bond acceptors (Lipinski definition) is 7. The minimum atomic E-state index is -0.401. The summed E-state index contributed by atoms with van der Waals surface area (Å²) >= 11 is 0. The lowest BCUT2D eigenvalue weighted by Crippen LogP contribution is -2.52. The van der Waals surface area contributed by atoms with E-state index < -0.39 is 6.04 Å². The average molecular weight is 409 g/mol. The van der Waals surface area contributed by atoms with Gasteiger partial charge in [0.25, 0.3) is 5.91 Å². The molecule has 1 fully saturated rings. The molecule has 2 amide bonds. The van der Waals surface area contributed by atoms with E-state index in [1.54, 1.807) is 36.7 Å². The van der Waals surface area contributed by atoms with Crippen molar-refractivity contribution < 1.29 is 19.1 Å². The normalized spacial score (nSPS) is 20.1. The molecule has 2 heterocycles. The number of hydrogen-bond donors (Lipinski definition) is 2. The molecule has 9 nitrogen and oxygen atoms in total. The molecule has 4 rings (SSSR count). The van der Waals surface area contributed by atoms with Crippen molar-refractivity contribution in [3.05, 3.63) is 54.1 Å². The van der Waals surface area contributed by atoms with Crippen LogP contribution < -0.4 is 20.2 Å². The molecule has 2 aromatic rings. The number of hydrazone groups is 1. The van der Waals surface area contributed by atoms with Crippen LogP contribution in [0.25, 0.3) is 0 Å². The molecule has 30 heavy (non-hydrogen) atoms. The highest BCUT2D eigenvalue weighted by Gasteiger charge is 2.41. The second kappa shape index (κ2) is 8.42. The van der Waals surface area contributed by atoms with Crippen molar-refractivity contribution >= 4 is 23.8 Å². The predicted molar refractivity (Wildman–Crippen MR) is 111 cm³/mol. The van der Waals surface area contributed by atoms with Gasteiger partial charge in [0.15, 0.2) is 11.5 Å². The number of fused-ring (bicyclic) bond motifs is 1. The third kappa shape index (κ3) is 3.92. The predicted octanol–water partition coefficient (Wildman–Crippen LogP) is 1.75. The largest absolute Gasteiger partial charge is 0.493 e. The summed E-state index contributed by atoms with van der Waals surface area (Å²) in [4.78, 5) is 25.3. The smallest absolute Gasteiger partial charge is 0.267 e. The summed E-state index contributed by atoms with van der Waals surface area (Å²) in [6.07, 6.45) is 2.15. The number of ether oxygens (including phenoxy) is 2. The molecule has 156 valence electrons. The maximum absolute atomic E-state index is 12.9. The van der Waals surface area contributed by atoms with Crippen LogP contribution in [0, 0.1) is 0 Å². The van der Waals surface area contributed by atoms with Crippen molar-refractivity contribution in [2.75, 3.05) is 26.1 Å². The van der Waals surface area contributed by atoms with E-state index in [1.807, 2.05) is 30.3 Å². The maximum Gasteiger partial charge on any atom is 0.267 e. The number of hydrazine groups is 1. The first kappa shape index (κ1) is 19.7. The van der Waals surface area contributed by atoms with Crippen molar-refractivity contribution in [2.45, 2.75) is 18.5 Å². The molecule has 0 aromatic heterocycles. The molecular formula is C21H23N5O4. The molecule has 0 radical (unpaired) electrons. The summed E-state index contributed by atoms with van der Waals surface area (Å²) in [5, 5.41) is 9.81. The highest BCUT2D eigenvalue weighted by Crippen LogP contribution is 2.30. The monoisotopic (exact) mass is 409 g/mol. The van der Waals surface area contributed by atoms with E-state index in [4.69, 9.17) is 9.47 Å². The van der Waals surface area contributed by atoms with Gasteiger partial charge in [0.05, 0.1) is 20.3 Å². The van der Waals surface area contributed by atoms with Crippen LogP contribution in [0.1, 0.15) is 18.0 Å². The summed E-state index contributed by atoms with van der Waals surface area (Å²) in [5.41, 5.74) is 4.93. The van der Waals surface area contributed by atoms with Crippen LogP contribution in [0.15, 0.2) is 53.6 Å². The molecule has 1 saturated heterocycles. The highest BCUT2D eigenvalue weighted by molar-refractivity contribution is 5.96. The Morgan fingerprint density at radius 3 is 2.67 bits per heavy atom. The lowest BCUT2D eigenvalue weighted by atomic mass is 10.0. The van der Waals surface area contributed by atoms with Gasteiger partial charge in [-0.15, -0.1) is 0 Å². The molecule has 0 spiro atoms. The Kier molecular flexibility index (Phi) is 5.53. The van der Waals surface area contributed by atoms with Crippen LogP contribution in [0.5, 0.6) is 11.5 Å². The van der Waals surface area contributed by atoms with Gasteiger partial charge < -0.3 is 14.8 Å². The van der Waals surface area contributed by atoms with Gasteiger partial charge in [0.2, 0.25) is 5.91 Å². The van der Waals surface area contributed by atoms with Gasteiger partial charge in [-0.2, -0.15) is 5.10 Å². The quantitative estimate of drug-likeness (QED) is 0.755. The van der Waals surface area contributed by atoms with Gasteiger partial charge >= 0.3 is 0 Å². The van der Waals surface area contributed by atoms with Crippen LogP contribution in [-0.2, 0) is 9.59 Å². The summed E-state index contributed by atoms with van der Waals surface area (Å²) in [5.74, 6) is 0.493. The number of nitrogens with zero attached hydrogens (tertiary/aromatic N) is 3. The first-order valence-electron chi connectivity index (χ1n) is 9.56. The van der Waals surface area contributed by atoms with Crippen LogP contribution in [0.2, 0.25) is 0 Å². The van der Waals surface area contributed by atoms with Gasteiger partial charge in [0, 0.05) is 11.8 Å². The van der Waals surface area contributed by atoms with Crippen LogP contribution in [-0.4, -0.2) is 55.0 Å². The Morgan fingerprint density at radius 1 is 1.17 bits per heavy atom. The lowest BCUT2D eigenvalue weighted by Gasteiger charge is -2.29. The molecule has 0 saturated carbocycles. The zero-order chi connectivity index (χ0) is 21.1. The zero-order valence-electron chi connectivity index (χ0n) is 16.7. The maximum atomic E-state index is 12.9. The van der Waals surface area contributed by atoms with Gasteiger partial charge in [0.1, 0.15) is 18.9 Å². The van der Waals surface area contributed by atoms with E-state index in [-0.39, 0.29) is 24.4 Å². The number of carbonyl (C=O) groups excluding carboxylic acids is 2. The molecule has 9 heteroatoms. The molecular weight excluding hydrogens is 386 g/mol. The van der Waals surface area contributed by atoms with E-state index >= 15 is 0 Å². The standard InChI is InChI=1S/C21H23N5O4/c1-29-18-9-8-15(10-19(18)30-2)23-20(27)12-25-21(28)17-11-16(24-26(17)13-22-25)14-6-4-3-5-7-14/h3-10,13,16-17,24H,11-12H2,1-2H3,(H,23,27). The minimum Gasteiger partial charge on any atom is -0.493 e. The highest BCUT2D eigenvalue weighted by atomic mass is 16.5. The van der Waals surface area contributed by atoms with E-state index in [1.165, 1.54) is 12.1 Å². The topological polar surface area (TPSA) is 95.5 Å². The van der Waals surface area contributed by atoms with Gasteiger partial charge in [-0.1, -0.05) is 30.3 Å². The number of carbonyl (C=O) groups is 2. The Balaban J connectivity index is 1.39. The Hall–Kier alpha value is -3.59. The number of amides is 2. The Morgan fingerprint density at radius 2 is 1.93 bits per heavy atom. The molecule has 2 atom stereocenters. The average Bonchev–Trinajstić information content (AvgIpc) is 3.21. The van der Waals surface area contributed by atoms with Crippen molar-refractivity contribution in [3.63, 3.8) is 0 Å². The molecule has 2 unspecified atom stereocenters. The fourth-order valence-electron chi connectivity index (χ4n) is 3.61.